The second-order valence-corrected chi connectivity index (χ2v) is 3.98. The average Bonchev–Trinajstić information content (AvgIpc) is 2.23. The zero-order valence-corrected chi connectivity index (χ0v) is 8.38. The van der Waals surface area contributed by atoms with Gasteiger partial charge in [-0.3, -0.25) is 10.2 Å². The van der Waals surface area contributed by atoms with Gasteiger partial charge in [0.05, 0.1) is 4.91 Å². The minimum Gasteiger partial charge on any atom is -0.302 e. The van der Waals surface area contributed by atoms with Crippen molar-refractivity contribution in [2.24, 2.45) is 0 Å². The lowest BCUT2D eigenvalue weighted by Gasteiger charge is -2.14. The summed E-state index contributed by atoms with van der Waals surface area (Å²) >= 11 is -2.18. The van der Waals surface area contributed by atoms with Crippen molar-refractivity contribution < 1.29 is 13.6 Å². The van der Waals surface area contributed by atoms with E-state index in [1.165, 1.54) is 0 Å². The van der Waals surface area contributed by atoms with Crippen molar-refractivity contribution in [2.45, 2.75) is 0 Å². The highest BCUT2D eigenvalue weighted by Gasteiger charge is 2.25. The first-order valence-corrected chi connectivity index (χ1v) is 5.27. The highest BCUT2D eigenvalue weighted by molar-refractivity contribution is 7.89. The Morgan fingerprint density at radius 3 is 2.40 bits per heavy atom. The number of benzene rings is 1. The number of fused-ring (bicyclic) bond motifs is 1. The predicted octanol–water partition coefficient (Wildman–Crippen LogP) is 1.47. The molecule has 2 N–H and O–H groups in total. The molecule has 0 spiro atoms. The molecule has 0 bridgehead atoms. The maximum Gasteiger partial charge on any atom is 0.211 e. The summed E-state index contributed by atoms with van der Waals surface area (Å²) in [5, 5.41) is 7.38. The lowest BCUT2D eigenvalue weighted by Crippen LogP contribution is -2.19. The SMILES string of the molecule is N=C1C=C(S(=O)O)c2ccccc2C1=O. The van der Waals surface area contributed by atoms with Gasteiger partial charge in [0.1, 0.15) is 5.71 Å². The number of rotatable bonds is 1. The highest BCUT2D eigenvalue weighted by Crippen LogP contribution is 2.26. The van der Waals surface area contributed by atoms with Gasteiger partial charge in [0.2, 0.25) is 5.78 Å². The first kappa shape index (κ1) is 9.95. The van der Waals surface area contributed by atoms with E-state index >= 15 is 0 Å². The number of Topliss-reactive ketones (excluding diaryl/α,β-unsaturated/α-hetero) is 1. The number of ketones is 1. The normalized spacial score (nSPS) is 17.0. The Morgan fingerprint density at radius 2 is 1.80 bits per heavy atom. The molecule has 4 nitrogen and oxygen atoms in total. The van der Waals surface area contributed by atoms with Crippen LogP contribution in [0.15, 0.2) is 30.3 Å². The first-order chi connectivity index (χ1) is 7.11. The quantitative estimate of drug-likeness (QED) is 0.705. The van der Waals surface area contributed by atoms with Crippen LogP contribution < -0.4 is 0 Å². The number of allylic oxidation sites excluding steroid dienone is 1. The number of carbonyl (C=O) groups is 1. The molecule has 0 radical (unpaired) electrons. The van der Waals surface area contributed by atoms with Gasteiger partial charge in [-0.2, -0.15) is 0 Å². The molecular formula is C10H7NO3S. The summed E-state index contributed by atoms with van der Waals surface area (Å²) in [7, 11) is 0. The summed E-state index contributed by atoms with van der Waals surface area (Å²) in [5.41, 5.74) is 0.479. The van der Waals surface area contributed by atoms with Crippen LogP contribution in [0, 0.1) is 5.41 Å². The van der Waals surface area contributed by atoms with E-state index in [1.54, 1.807) is 24.3 Å². The van der Waals surface area contributed by atoms with Crippen LogP contribution in [0.3, 0.4) is 0 Å². The zero-order valence-electron chi connectivity index (χ0n) is 7.56. The molecule has 0 aliphatic heterocycles. The van der Waals surface area contributed by atoms with E-state index in [-0.39, 0.29) is 10.6 Å². The second kappa shape index (κ2) is 3.52. The monoisotopic (exact) mass is 221 g/mol. The van der Waals surface area contributed by atoms with E-state index in [2.05, 4.69) is 0 Å². The maximum atomic E-state index is 11.5. The summed E-state index contributed by atoms with van der Waals surface area (Å²) in [6.07, 6.45) is 1.14. The van der Waals surface area contributed by atoms with Crippen LogP contribution in [0.5, 0.6) is 0 Å². The summed E-state index contributed by atoms with van der Waals surface area (Å²) in [5.74, 6) is -0.417. The largest absolute Gasteiger partial charge is 0.302 e. The Kier molecular flexibility index (Phi) is 2.34. The predicted molar refractivity (Wildman–Crippen MR) is 57.2 cm³/mol. The lowest BCUT2D eigenvalue weighted by molar-refractivity contribution is 0.106. The number of carbonyl (C=O) groups excluding carboxylic acids is 1. The highest BCUT2D eigenvalue weighted by atomic mass is 32.2. The molecule has 1 aliphatic rings. The molecule has 0 fully saturated rings. The Hall–Kier alpha value is -1.59. The molecule has 1 atom stereocenters. The average molecular weight is 221 g/mol. The van der Waals surface area contributed by atoms with Crippen LogP contribution in [0.4, 0.5) is 0 Å². The van der Waals surface area contributed by atoms with Gasteiger partial charge in [-0.1, -0.05) is 24.3 Å². The first-order valence-electron chi connectivity index (χ1n) is 4.16. The molecule has 1 aliphatic carbocycles. The van der Waals surface area contributed by atoms with Crippen LogP contribution in [-0.2, 0) is 11.1 Å². The van der Waals surface area contributed by atoms with Gasteiger partial charge in [-0.15, -0.1) is 0 Å². The van der Waals surface area contributed by atoms with E-state index in [0.717, 1.165) is 6.08 Å². The summed E-state index contributed by atoms with van der Waals surface area (Å²) < 4.78 is 20.0. The van der Waals surface area contributed by atoms with E-state index in [1.807, 2.05) is 0 Å². The fourth-order valence-electron chi connectivity index (χ4n) is 1.46. The zero-order chi connectivity index (χ0) is 11.0. The standard InChI is InChI=1S/C10H7NO3S/c11-8-5-9(15(13)14)6-3-1-2-4-7(6)10(8)12/h1-5,11H,(H,13,14). The molecular weight excluding hydrogens is 214 g/mol. The van der Waals surface area contributed by atoms with Crippen LogP contribution in [-0.4, -0.2) is 20.3 Å². The fraction of sp³-hybridized carbons (Fsp3) is 0. The molecule has 5 heteroatoms. The van der Waals surface area contributed by atoms with E-state index in [9.17, 15) is 9.00 Å². The Labute approximate surface area is 88.4 Å². The second-order valence-electron chi connectivity index (χ2n) is 3.05. The minimum atomic E-state index is -2.18. The van der Waals surface area contributed by atoms with Gasteiger partial charge in [-0.05, 0) is 6.08 Å². The molecule has 1 aromatic carbocycles. The molecule has 1 unspecified atom stereocenters. The number of nitrogens with one attached hydrogen (secondary N) is 1. The molecule has 0 saturated heterocycles. The van der Waals surface area contributed by atoms with Crippen molar-refractivity contribution in [1.29, 1.82) is 5.41 Å². The minimum absolute atomic E-state index is 0.107. The van der Waals surface area contributed by atoms with Gasteiger partial charge in [0.15, 0.2) is 11.1 Å². The van der Waals surface area contributed by atoms with Gasteiger partial charge in [0, 0.05) is 11.1 Å². The molecule has 76 valence electrons. The fourth-order valence-corrected chi connectivity index (χ4v) is 2.04. The third-order valence-corrected chi connectivity index (χ3v) is 2.86. The maximum absolute atomic E-state index is 11.5. The van der Waals surface area contributed by atoms with Gasteiger partial charge in [-0.25, -0.2) is 4.21 Å². The van der Waals surface area contributed by atoms with Crippen LogP contribution in [0.2, 0.25) is 0 Å². The number of hydrogen-bond donors (Lipinski definition) is 2. The summed E-state index contributed by atoms with van der Waals surface area (Å²) in [6.45, 7) is 0. The molecule has 0 heterocycles. The summed E-state index contributed by atoms with van der Waals surface area (Å²) in [4.78, 5) is 11.6. The van der Waals surface area contributed by atoms with Crippen LogP contribution in [0.25, 0.3) is 4.91 Å². The van der Waals surface area contributed by atoms with Crippen molar-refractivity contribution >= 4 is 27.5 Å². The third kappa shape index (κ3) is 1.55. The summed E-state index contributed by atoms with van der Waals surface area (Å²) in [6, 6.07) is 6.49. The number of hydrogen-bond acceptors (Lipinski definition) is 3. The van der Waals surface area contributed by atoms with Crippen LogP contribution >= 0.6 is 0 Å². The van der Waals surface area contributed by atoms with Crippen molar-refractivity contribution in [3.63, 3.8) is 0 Å². The molecule has 0 aromatic heterocycles. The van der Waals surface area contributed by atoms with Gasteiger partial charge in [0.25, 0.3) is 0 Å². The van der Waals surface area contributed by atoms with Crippen molar-refractivity contribution in [1.82, 2.24) is 0 Å². The molecule has 2 rings (SSSR count). The van der Waals surface area contributed by atoms with Crippen molar-refractivity contribution in [3.8, 4) is 0 Å². The molecule has 1 aromatic rings. The van der Waals surface area contributed by atoms with E-state index in [4.69, 9.17) is 9.96 Å². The molecule has 15 heavy (non-hydrogen) atoms. The van der Waals surface area contributed by atoms with Crippen LogP contribution in [0.1, 0.15) is 15.9 Å². The van der Waals surface area contributed by atoms with E-state index in [0.29, 0.717) is 11.1 Å². The molecule has 0 saturated carbocycles. The van der Waals surface area contributed by atoms with Crippen molar-refractivity contribution in [3.05, 3.63) is 41.5 Å². The Bertz CT molecular complexity index is 519. The van der Waals surface area contributed by atoms with Gasteiger partial charge < -0.3 is 4.55 Å². The van der Waals surface area contributed by atoms with E-state index < -0.39 is 16.9 Å². The Balaban J connectivity index is 2.71. The smallest absolute Gasteiger partial charge is 0.211 e. The third-order valence-electron chi connectivity index (χ3n) is 2.15. The lowest BCUT2D eigenvalue weighted by atomic mass is 9.95. The molecule has 0 amide bonds. The Morgan fingerprint density at radius 1 is 1.20 bits per heavy atom. The van der Waals surface area contributed by atoms with Crippen molar-refractivity contribution in [2.75, 3.05) is 0 Å². The topological polar surface area (TPSA) is 78.2 Å². The van der Waals surface area contributed by atoms with Gasteiger partial charge >= 0.3 is 0 Å².